The molecule has 0 saturated carbocycles. The average Bonchev–Trinajstić information content (AvgIpc) is 2.33. The van der Waals surface area contributed by atoms with Gasteiger partial charge in [0.05, 0.1) is 12.2 Å². The Hall–Kier alpha value is -1.88. The maximum atomic E-state index is 13.6. The van der Waals surface area contributed by atoms with E-state index in [4.69, 9.17) is 5.73 Å². The van der Waals surface area contributed by atoms with Gasteiger partial charge in [0.15, 0.2) is 0 Å². The lowest BCUT2D eigenvalue weighted by molar-refractivity contribution is 0.551. The average molecular weight is 252 g/mol. The summed E-state index contributed by atoms with van der Waals surface area (Å²) >= 11 is 0. The highest BCUT2D eigenvalue weighted by Crippen LogP contribution is 2.25. The first-order valence-electron chi connectivity index (χ1n) is 5.31. The Morgan fingerprint density at radius 3 is 2.44 bits per heavy atom. The van der Waals surface area contributed by atoms with E-state index in [9.17, 15) is 13.2 Å². The number of hydrogen-bond acceptors (Lipinski definition) is 2. The molecule has 94 valence electrons. The quantitative estimate of drug-likeness (QED) is 0.892. The smallest absolute Gasteiger partial charge is 0.146 e. The maximum Gasteiger partial charge on any atom is 0.146 e. The Labute approximate surface area is 102 Å². The molecule has 18 heavy (non-hydrogen) atoms. The van der Waals surface area contributed by atoms with Gasteiger partial charge in [-0.1, -0.05) is 0 Å². The van der Waals surface area contributed by atoms with Crippen molar-refractivity contribution >= 4 is 0 Å². The molecule has 0 bridgehead atoms. The zero-order valence-corrected chi connectivity index (χ0v) is 9.62. The number of aryl methyl sites for hydroxylation is 1. The minimum atomic E-state index is -0.993. The Balaban J connectivity index is 2.50. The molecule has 2 N–H and O–H groups in total. The fourth-order valence-electron chi connectivity index (χ4n) is 1.72. The molecule has 2 aromatic rings. The van der Waals surface area contributed by atoms with E-state index in [0.717, 1.165) is 12.3 Å². The highest BCUT2D eigenvalue weighted by atomic mass is 19.1. The lowest BCUT2D eigenvalue weighted by atomic mass is 9.98. The SMILES string of the molecule is Cc1cc(C(N)c2ccncc2F)c(F)cc1F. The summed E-state index contributed by atoms with van der Waals surface area (Å²) in [6.07, 6.45) is 2.37. The third-order valence-electron chi connectivity index (χ3n) is 2.75. The van der Waals surface area contributed by atoms with Crippen LogP contribution in [0.1, 0.15) is 22.7 Å². The Morgan fingerprint density at radius 1 is 1.06 bits per heavy atom. The zero-order valence-electron chi connectivity index (χ0n) is 9.62. The summed E-state index contributed by atoms with van der Waals surface area (Å²) in [5.41, 5.74) is 6.24. The normalized spacial score (nSPS) is 12.5. The van der Waals surface area contributed by atoms with Crippen molar-refractivity contribution in [2.75, 3.05) is 0 Å². The minimum Gasteiger partial charge on any atom is -0.320 e. The van der Waals surface area contributed by atoms with Crippen LogP contribution in [0.3, 0.4) is 0 Å². The van der Waals surface area contributed by atoms with Crippen LogP contribution in [-0.4, -0.2) is 4.98 Å². The highest BCUT2D eigenvalue weighted by Gasteiger charge is 2.18. The largest absolute Gasteiger partial charge is 0.320 e. The van der Waals surface area contributed by atoms with Gasteiger partial charge >= 0.3 is 0 Å². The first kappa shape index (κ1) is 12.6. The van der Waals surface area contributed by atoms with Crippen LogP contribution in [0, 0.1) is 24.4 Å². The van der Waals surface area contributed by atoms with E-state index >= 15 is 0 Å². The van der Waals surface area contributed by atoms with Gasteiger partial charge in [-0.3, -0.25) is 4.98 Å². The summed E-state index contributed by atoms with van der Waals surface area (Å²) in [5.74, 6) is -2.06. The van der Waals surface area contributed by atoms with Crippen molar-refractivity contribution < 1.29 is 13.2 Å². The molecule has 0 aliphatic rings. The number of nitrogens with zero attached hydrogens (tertiary/aromatic N) is 1. The first-order valence-corrected chi connectivity index (χ1v) is 5.31. The molecule has 1 atom stereocenters. The van der Waals surface area contributed by atoms with Gasteiger partial charge < -0.3 is 5.73 Å². The van der Waals surface area contributed by atoms with Crippen LogP contribution < -0.4 is 5.73 Å². The van der Waals surface area contributed by atoms with Gasteiger partial charge in [-0.15, -0.1) is 0 Å². The van der Waals surface area contributed by atoms with Crippen LogP contribution in [0.25, 0.3) is 0 Å². The lowest BCUT2D eigenvalue weighted by Gasteiger charge is -2.15. The van der Waals surface area contributed by atoms with Gasteiger partial charge in [0.25, 0.3) is 0 Å². The van der Waals surface area contributed by atoms with Crippen LogP contribution in [0.5, 0.6) is 0 Å². The molecule has 5 heteroatoms. The molecule has 0 radical (unpaired) electrons. The number of benzene rings is 1. The first-order chi connectivity index (χ1) is 8.50. The number of hydrogen-bond donors (Lipinski definition) is 1. The molecule has 1 heterocycles. The van der Waals surface area contributed by atoms with Crippen molar-refractivity contribution in [2.24, 2.45) is 5.73 Å². The van der Waals surface area contributed by atoms with Crippen LogP contribution >= 0.6 is 0 Å². The third-order valence-corrected chi connectivity index (χ3v) is 2.75. The molecule has 2 nitrogen and oxygen atoms in total. The Bertz CT molecular complexity index is 584. The molecule has 0 saturated heterocycles. The fraction of sp³-hybridized carbons (Fsp3) is 0.154. The van der Waals surface area contributed by atoms with Crippen molar-refractivity contribution in [1.29, 1.82) is 0 Å². The molecule has 1 aromatic carbocycles. The third kappa shape index (κ3) is 2.22. The van der Waals surface area contributed by atoms with Gasteiger partial charge in [0, 0.05) is 23.4 Å². The van der Waals surface area contributed by atoms with Crippen LogP contribution in [0.15, 0.2) is 30.6 Å². The van der Waals surface area contributed by atoms with E-state index in [2.05, 4.69) is 4.98 Å². The van der Waals surface area contributed by atoms with Crippen molar-refractivity contribution in [2.45, 2.75) is 13.0 Å². The van der Waals surface area contributed by atoms with E-state index in [1.807, 2.05) is 0 Å². The molecule has 0 aliphatic carbocycles. The molecular weight excluding hydrogens is 241 g/mol. The lowest BCUT2D eigenvalue weighted by Crippen LogP contribution is -2.16. The predicted molar refractivity (Wildman–Crippen MR) is 61.3 cm³/mol. The van der Waals surface area contributed by atoms with Crippen molar-refractivity contribution in [3.8, 4) is 0 Å². The zero-order chi connectivity index (χ0) is 13.3. The Kier molecular flexibility index (Phi) is 3.34. The van der Waals surface area contributed by atoms with Gasteiger partial charge in [0.1, 0.15) is 17.5 Å². The minimum absolute atomic E-state index is 0.0546. The second-order valence-corrected chi connectivity index (χ2v) is 4.00. The molecule has 1 aromatic heterocycles. The highest BCUT2D eigenvalue weighted by molar-refractivity contribution is 5.35. The monoisotopic (exact) mass is 252 g/mol. The van der Waals surface area contributed by atoms with E-state index in [-0.39, 0.29) is 16.7 Å². The van der Waals surface area contributed by atoms with Crippen LogP contribution in [0.4, 0.5) is 13.2 Å². The summed E-state index contributed by atoms with van der Waals surface area (Å²) < 4.78 is 40.3. The molecule has 0 aliphatic heterocycles. The number of nitrogens with two attached hydrogens (primary N) is 1. The second kappa shape index (κ2) is 4.78. The maximum absolute atomic E-state index is 13.6. The number of pyridine rings is 1. The fourth-order valence-corrected chi connectivity index (χ4v) is 1.72. The summed E-state index contributed by atoms with van der Waals surface area (Å²) in [5, 5.41) is 0. The molecule has 0 amide bonds. The second-order valence-electron chi connectivity index (χ2n) is 4.00. The molecule has 2 rings (SSSR count). The van der Waals surface area contributed by atoms with E-state index < -0.39 is 23.5 Å². The Morgan fingerprint density at radius 2 is 1.78 bits per heavy atom. The van der Waals surface area contributed by atoms with Crippen LogP contribution in [-0.2, 0) is 0 Å². The molecule has 0 spiro atoms. The van der Waals surface area contributed by atoms with Gasteiger partial charge in [-0.05, 0) is 24.6 Å². The van der Waals surface area contributed by atoms with E-state index in [0.29, 0.717) is 0 Å². The number of rotatable bonds is 2. The summed E-state index contributed by atoms with van der Waals surface area (Å²) in [6.45, 7) is 1.49. The predicted octanol–water partition coefficient (Wildman–Crippen LogP) is 2.86. The number of halogens is 3. The van der Waals surface area contributed by atoms with Gasteiger partial charge in [-0.2, -0.15) is 0 Å². The molecule has 1 unspecified atom stereocenters. The molecular formula is C13H11F3N2. The van der Waals surface area contributed by atoms with Crippen molar-refractivity contribution in [3.63, 3.8) is 0 Å². The summed E-state index contributed by atoms with van der Waals surface area (Å²) in [7, 11) is 0. The standard InChI is InChI=1S/C13H11F3N2/c1-7-4-9(11(15)5-10(7)14)13(17)8-2-3-18-6-12(8)16/h2-6,13H,17H2,1H3. The van der Waals surface area contributed by atoms with E-state index in [1.54, 1.807) is 0 Å². The topological polar surface area (TPSA) is 38.9 Å². The van der Waals surface area contributed by atoms with E-state index in [1.165, 1.54) is 25.3 Å². The summed E-state index contributed by atoms with van der Waals surface area (Å²) in [4.78, 5) is 3.59. The number of aromatic nitrogens is 1. The molecule has 0 fully saturated rings. The van der Waals surface area contributed by atoms with Crippen molar-refractivity contribution in [3.05, 3.63) is 64.7 Å². The van der Waals surface area contributed by atoms with Crippen molar-refractivity contribution in [1.82, 2.24) is 4.98 Å². The van der Waals surface area contributed by atoms with Gasteiger partial charge in [0.2, 0.25) is 0 Å². The van der Waals surface area contributed by atoms with Gasteiger partial charge in [-0.25, -0.2) is 13.2 Å². The van der Waals surface area contributed by atoms with Crippen LogP contribution in [0.2, 0.25) is 0 Å². The summed E-state index contributed by atoms with van der Waals surface area (Å²) in [6, 6.07) is 2.42.